The highest BCUT2D eigenvalue weighted by molar-refractivity contribution is 7.97. The molecule has 0 radical (unpaired) electrons. The molecule has 0 rings (SSSR count). The van der Waals surface area contributed by atoms with E-state index < -0.39 is 9.84 Å². The van der Waals surface area contributed by atoms with Gasteiger partial charge in [0.05, 0.1) is 0 Å². The molecule has 0 aromatic carbocycles. The summed E-state index contributed by atoms with van der Waals surface area (Å²) < 4.78 is 22.4. The van der Waals surface area contributed by atoms with Crippen molar-refractivity contribution in [3.8, 4) is 0 Å². The number of hydrogen-bond donors (Lipinski definition) is 0. The molecule has 13 heavy (non-hydrogen) atoms. The van der Waals surface area contributed by atoms with E-state index in [0.717, 1.165) is 10.8 Å². The van der Waals surface area contributed by atoms with Crippen LogP contribution in [0, 0.1) is 0 Å². The fourth-order valence-corrected chi connectivity index (χ4v) is 1.40. The Balaban J connectivity index is 4.62. The Morgan fingerprint density at radius 3 is 1.54 bits per heavy atom. The quantitative estimate of drug-likeness (QED) is 0.651. The van der Waals surface area contributed by atoms with Crippen molar-refractivity contribution in [1.82, 2.24) is 0 Å². The Labute approximate surface area is 79.9 Å². The second kappa shape index (κ2) is 4.82. The van der Waals surface area contributed by atoms with Crippen LogP contribution < -0.4 is 0 Å². The predicted molar refractivity (Wildman–Crippen MR) is 56.8 cm³/mol. The first-order chi connectivity index (χ1) is 5.83. The molecule has 0 saturated heterocycles. The lowest BCUT2D eigenvalue weighted by molar-refractivity contribution is 0.612. The summed E-state index contributed by atoms with van der Waals surface area (Å²) >= 11 is 0. The molecule has 0 atom stereocenters. The molecule has 0 heterocycles. The van der Waals surface area contributed by atoms with Crippen LogP contribution in [0.25, 0.3) is 0 Å². The van der Waals surface area contributed by atoms with Gasteiger partial charge in [-0.2, -0.15) is 0 Å². The van der Waals surface area contributed by atoms with E-state index in [-0.39, 0.29) is 0 Å². The smallest absolute Gasteiger partial charge is 0.193 e. The highest BCUT2D eigenvalue weighted by Gasteiger charge is 1.97. The SMILES string of the molecule is C=C(C)C=CS(=O)(=O)C=CC(=C)C. The Kier molecular flexibility index (Phi) is 4.42. The summed E-state index contributed by atoms with van der Waals surface area (Å²) in [5, 5.41) is 2.24. The third-order valence-corrected chi connectivity index (χ3v) is 2.12. The van der Waals surface area contributed by atoms with E-state index in [1.54, 1.807) is 13.8 Å². The highest BCUT2D eigenvalue weighted by Crippen LogP contribution is 2.01. The zero-order chi connectivity index (χ0) is 10.5. The maximum atomic E-state index is 11.2. The minimum atomic E-state index is -3.25. The molecule has 0 aromatic rings. The summed E-state index contributed by atoms with van der Waals surface area (Å²) in [6, 6.07) is 0. The maximum absolute atomic E-state index is 11.2. The van der Waals surface area contributed by atoms with Gasteiger partial charge >= 0.3 is 0 Å². The summed E-state index contributed by atoms with van der Waals surface area (Å²) in [5.41, 5.74) is 1.40. The van der Waals surface area contributed by atoms with Gasteiger partial charge < -0.3 is 0 Å². The van der Waals surface area contributed by atoms with Gasteiger partial charge in [-0.3, -0.25) is 0 Å². The second-order valence-corrected chi connectivity index (χ2v) is 4.61. The predicted octanol–water partition coefficient (Wildman–Crippen LogP) is 2.58. The molecular weight excluding hydrogens is 184 g/mol. The standard InChI is InChI=1S/C10H14O2S/c1-9(2)5-7-13(11,12)8-6-10(3)4/h5-8H,1,3H2,2,4H3. The van der Waals surface area contributed by atoms with Crippen molar-refractivity contribution < 1.29 is 8.42 Å². The average Bonchev–Trinajstić information content (AvgIpc) is 1.98. The number of rotatable bonds is 4. The van der Waals surface area contributed by atoms with Gasteiger partial charge in [0.15, 0.2) is 9.84 Å². The van der Waals surface area contributed by atoms with E-state index in [1.165, 1.54) is 12.2 Å². The van der Waals surface area contributed by atoms with Crippen LogP contribution in [-0.2, 0) is 9.84 Å². The number of sulfone groups is 1. The minimum Gasteiger partial charge on any atom is -0.220 e. The molecule has 0 fully saturated rings. The minimum absolute atomic E-state index is 0.701. The molecule has 0 saturated carbocycles. The summed E-state index contributed by atoms with van der Waals surface area (Å²) in [6.45, 7) is 10.6. The molecule has 3 heteroatoms. The lowest BCUT2D eigenvalue weighted by atomic mass is 10.4. The van der Waals surface area contributed by atoms with E-state index in [2.05, 4.69) is 13.2 Å². The number of hydrogen-bond acceptors (Lipinski definition) is 2. The summed E-state index contributed by atoms with van der Waals surface area (Å²) in [4.78, 5) is 0. The van der Waals surface area contributed by atoms with Gasteiger partial charge in [0, 0.05) is 10.8 Å². The molecule has 0 amide bonds. The highest BCUT2D eigenvalue weighted by atomic mass is 32.2. The first-order valence-corrected chi connectivity index (χ1v) is 5.37. The van der Waals surface area contributed by atoms with Crippen LogP contribution in [0.4, 0.5) is 0 Å². The molecule has 0 aromatic heterocycles. The van der Waals surface area contributed by atoms with Gasteiger partial charge in [0.1, 0.15) is 0 Å². The van der Waals surface area contributed by atoms with E-state index in [4.69, 9.17) is 0 Å². The average molecular weight is 198 g/mol. The summed E-state index contributed by atoms with van der Waals surface area (Å²) in [5.74, 6) is 0. The lowest BCUT2D eigenvalue weighted by Gasteiger charge is -1.89. The van der Waals surface area contributed by atoms with E-state index in [0.29, 0.717) is 11.1 Å². The Morgan fingerprint density at radius 1 is 1.00 bits per heavy atom. The third kappa shape index (κ3) is 7.28. The van der Waals surface area contributed by atoms with Crippen molar-refractivity contribution >= 4 is 9.84 Å². The van der Waals surface area contributed by atoms with Crippen LogP contribution >= 0.6 is 0 Å². The molecule has 2 nitrogen and oxygen atoms in total. The Morgan fingerprint density at radius 2 is 1.31 bits per heavy atom. The monoisotopic (exact) mass is 198 g/mol. The van der Waals surface area contributed by atoms with Crippen molar-refractivity contribution in [2.45, 2.75) is 13.8 Å². The van der Waals surface area contributed by atoms with Crippen LogP contribution in [0.1, 0.15) is 13.8 Å². The first-order valence-electron chi connectivity index (χ1n) is 3.76. The van der Waals surface area contributed by atoms with Crippen molar-refractivity contribution in [3.05, 3.63) is 47.3 Å². The molecule has 0 aliphatic heterocycles. The molecule has 0 bridgehead atoms. The number of allylic oxidation sites excluding steroid dienone is 4. The van der Waals surface area contributed by atoms with Gasteiger partial charge in [0.25, 0.3) is 0 Å². The first kappa shape index (κ1) is 11.9. The molecule has 0 aliphatic rings. The lowest BCUT2D eigenvalue weighted by Crippen LogP contribution is -1.87. The van der Waals surface area contributed by atoms with Crippen LogP contribution in [0.5, 0.6) is 0 Å². The normalized spacial score (nSPS) is 12.5. The van der Waals surface area contributed by atoms with Gasteiger partial charge in [-0.05, 0) is 26.0 Å². The van der Waals surface area contributed by atoms with Crippen LogP contribution in [0.3, 0.4) is 0 Å². The molecule has 72 valence electrons. The van der Waals surface area contributed by atoms with E-state index in [9.17, 15) is 8.42 Å². The van der Waals surface area contributed by atoms with Crippen LogP contribution in [0.2, 0.25) is 0 Å². The van der Waals surface area contributed by atoms with Crippen molar-refractivity contribution in [2.24, 2.45) is 0 Å². The zero-order valence-electron chi connectivity index (χ0n) is 7.95. The topological polar surface area (TPSA) is 34.1 Å². The van der Waals surface area contributed by atoms with Crippen LogP contribution in [0.15, 0.2) is 47.3 Å². The van der Waals surface area contributed by atoms with Crippen LogP contribution in [-0.4, -0.2) is 8.42 Å². The summed E-state index contributed by atoms with van der Waals surface area (Å²) in [7, 11) is -3.25. The van der Waals surface area contributed by atoms with Gasteiger partial charge in [-0.25, -0.2) is 8.42 Å². The van der Waals surface area contributed by atoms with Crippen molar-refractivity contribution in [1.29, 1.82) is 0 Å². The fourth-order valence-electron chi connectivity index (χ4n) is 0.467. The molecule has 0 spiro atoms. The molecule has 0 unspecified atom stereocenters. The summed E-state index contributed by atoms with van der Waals surface area (Å²) in [6.07, 6.45) is 2.91. The van der Waals surface area contributed by atoms with Gasteiger partial charge in [-0.15, -0.1) is 0 Å². The molecule has 0 N–H and O–H groups in total. The zero-order valence-corrected chi connectivity index (χ0v) is 8.76. The molecule has 0 aliphatic carbocycles. The van der Waals surface area contributed by atoms with E-state index >= 15 is 0 Å². The Bertz CT molecular complexity index is 326. The van der Waals surface area contributed by atoms with Gasteiger partial charge in [0.2, 0.25) is 0 Å². The maximum Gasteiger partial charge on any atom is 0.193 e. The largest absolute Gasteiger partial charge is 0.220 e. The third-order valence-electron chi connectivity index (χ3n) is 1.08. The Hall–Kier alpha value is -1.09. The van der Waals surface area contributed by atoms with Gasteiger partial charge in [-0.1, -0.05) is 24.3 Å². The van der Waals surface area contributed by atoms with Crippen molar-refractivity contribution in [2.75, 3.05) is 0 Å². The fraction of sp³-hybridized carbons (Fsp3) is 0.200. The van der Waals surface area contributed by atoms with Crippen molar-refractivity contribution in [3.63, 3.8) is 0 Å². The van der Waals surface area contributed by atoms with E-state index in [1.807, 2.05) is 0 Å². The second-order valence-electron chi connectivity index (χ2n) is 2.89. The molecular formula is C10H14O2S.